The highest BCUT2D eigenvalue weighted by Crippen LogP contribution is 2.29. The van der Waals surface area contributed by atoms with Crippen LogP contribution in [0.2, 0.25) is 5.22 Å². The van der Waals surface area contributed by atoms with Gasteiger partial charge in [0.15, 0.2) is 5.22 Å². The van der Waals surface area contributed by atoms with Crippen LogP contribution in [0, 0.1) is 5.82 Å². The second-order valence-electron chi connectivity index (χ2n) is 3.97. The van der Waals surface area contributed by atoms with Crippen molar-refractivity contribution in [3.05, 3.63) is 53.0 Å². The first kappa shape index (κ1) is 13.1. The third kappa shape index (κ3) is 2.89. The molecule has 0 aromatic carbocycles. The molecule has 1 unspecified atom stereocenters. The molecule has 2 heterocycles. The minimum atomic E-state index is -0.365. The fraction of sp³-hybridized carbons (Fsp3) is 0.308. The Kier molecular flexibility index (Phi) is 4.33. The second kappa shape index (κ2) is 5.98. The number of halogens is 2. The van der Waals surface area contributed by atoms with Gasteiger partial charge in [-0.25, -0.2) is 4.39 Å². The van der Waals surface area contributed by atoms with Gasteiger partial charge < -0.3 is 9.73 Å². The lowest BCUT2D eigenvalue weighted by Crippen LogP contribution is -2.23. The minimum absolute atomic E-state index is 0.209. The zero-order valence-electron chi connectivity index (χ0n) is 9.99. The van der Waals surface area contributed by atoms with Crippen LogP contribution in [0.25, 0.3) is 0 Å². The highest BCUT2D eigenvalue weighted by atomic mass is 35.5. The SMILES string of the molecule is CCCNC(c1cncc(F)c1)c1ccoc1Cl. The largest absolute Gasteiger partial charge is 0.453 e. The monoisotopic (exact) mass is 268 g/mol. The Morgan fingerprint density at radius 2 is 2.33 bits per heavy atom. The molecule has 2 aromatic rings. The van der Waals surface area contributed by atoms with Gasteiger partial charge in [-0.2, -0.15) is 0 Å². The second-order valence-corrected chi connectivity index (χ2v) is 4.32. The van der Waals surface area contributed by atoms with E-state index in [1.54, 1.807) is 12.3 Å². The van der Waals surface area contributed by atoms with Gasteiger partial charge in [0, 0.05) is 11.8 Å². The zero-order chi connectivity index (χ0) is 13.0. The summed E-state index contributed by atoms with van der Waals surface area (Å²) in [4.78, 5) is 3.86. The lowest BCUT2D eigenvalue weighted by Gasteiger charge is -2.17. The van der Waals surface area contributed by atoms with Crippen LogP contribution in [-0.4, -0.2) is 11.5 Å². The third-order valence-corrected chi connectivity index (χ3v) is 2.92. The van der Waals surface area contributed by atoms with Crippen molar-refractivity contribution in [2.75, 3.05) is 6.54 Å². The fourth-order valence-electron chi connectivity index (χ4n) is 1.79. The number of aromatic nitrogens is 1. The minimum Gasteiger partial charge on any atom is -0.453 e. The Bertz CT molecular complexity index is 515. The lowest BCUT2D eigenvalue weighted by atomic mass is 10.0. The number of nitrogens with zero attached hydrogens (tertiary/aromatic N) is 1. The molecule has 0 spiro atoms. The summed E-state index contributed by atoms with van der Waals surface area (Å²) in [5.41, 5.74) is 1.52. The Morgan fingerprint density at radius 1 is 1.50 bits per heavy atom. The molecule has 0 radical (unpaired) electrons. The molecule has 0 saturated heterocycles. The molecule has 0 aliphatic carbocycles. The van der Waals surface area contributed by atoms with E-state index >= 15 is 0 Å². The molecule has 0 fully saturated rings. The van der Waals surface area contributed by atoms with Gasteiger partial charge >= 0.3 is 0 Å². The molecule has 0 saturated carbocycles. The van der Waals surface area contributed by atoms with Crippen molar-refractivity contribution >= 4 is 11.6 Å². The average molecular weight is 269 g/mol. The summed E-state index contributed by atoms with van der Waals surface area (Å²) in [6.07, 6.45) is 5.29. The van der Waals surface area contributed by atoms with Crippen molar-refractivity contribution in [1.82, 2.24) is 10.3 Å². The van der Waals surface area contributed by atoms with Gasteiger partial charge in [-0.1, -0.05) is 6.92 Å². The van der Waals surface area contributed by atoms with Gasteiger partial charge in [0.1, 0.15) is 5.82 Å². The Balaban J connectivity index is 2.33. The van der Waals surface area contributed by atoms with Crippen molar-refractivity contribution in [1.29, 1.82) is 0 Å². The van der Waals surface area contributed by atoms with Gasteiger partial charge in [-0.05, 0) is 42.3 Å². The van der Waals surface area contributed by atoms with Gasteiger partial charge in [-0.15, -0.1) is 0 Å². The topological polar surface area (TPSA) is 38.1 Å². The maximum absolute atomic E-state index is 13.2. The van der Waals surface area contributed by atoms with Gasteiger partial charge in [0.05, 0.1) is 18.5 Å². The van der Waals surface area contributed by atoms with Crippen LogP contribution in [0.15, 0.2) is 35.2 Å². The molecule has 0 amide bonds. The highest BCUT2D eigenvalue weighted by molar-refractivity contribution is 6.29. The first-order valence-corrected chi connectivity index (χ1v) is 6.17. The Hall–Kier alpha value is -1.39. The van der Waals surface area contributed by atoms with Crippen LogP contribution < -0.4 is 5.32 Å². The van der Waals surface area contributed by atoms with E-state index in [1.807, 2.05) is 0 Å². The van der Waals surface area contributed by atoms with Crippen molar-refractivity contribution < 1.29 is 8.81 Å². The van der Waals surface area contributed by atoms with Crippen molar-refractivity contribution in [2.45, 2.75) is 19.4 Å². The van der Waals surface area contributed by atoms with Gasteiger partial charge in [-0.3, -0.25) is 4.98 Å². The average Bonchev–Trinajstić information content (AvgIpc) is 2.77. The molecule has 5 heteroatoms. The summed E-state index contributed by atoms with van der Waals surface area (Å²) >= 11 is 5.98. The summed E-state index contributed by atoms with van der Waals surface area (Å²) in [5, 5.41) is 3.62. The van der Waals surface area contributed by atoms with E-state index < -0.39 is 0 Å². The van der Waals surface area contributed by atoms with E-state index in [0.29, 0.717) is 5.22 Å². The molecule has 2 rings (SSSR count). The molecular weight excluding hydrogens is 255 g/mol. The predicted molar refractivity (Wildman–Crippen MR) is 68.0 cm³/mol. The van der Waals surface area contributed by atoms with Gasteiger partial charge in [0.2, 0.25) is 0 Å². The summed E-state index contributed by atoms with van der Waals surface area (Å²) in [5.74, 6) is -0.365. The molecule has 3 nitrogen and oxygen atoms in total. The molecule has 1 N–H and O–H groups in total. The fourth-order valence-corrected chi connectivity index (χ4v) is 2.02. The number of rotatable bonds is 5. The first-order valence-electron chi connectivity index (χ1n) is 5.79. The third-order valence-electron chi connectivity index (χ3n) is 2.61. The van der Waals surface area contributed by atoms with E-state index in [2.05, 4.69) is 17.2 Å². The maximum atomic E-state index is 13.2. The van der Waals surface area contributed by atoms with Crippen LogP contribution in [-0.2, 0) is 0 Å². The summed E-state index contributed by atoms with van der Waals surface area (Å²) in [6, 6.07) is 3.02. The van der Waals surface area contributed by atoms with Crippen molar-refractivity contribution in [3.63, 3.8) is 0 Å². The summed E-state index contributed by atoms with van der Waals surface area (Å²) in [6.45, 7) is 2.85. The molecule has 0 aliphatic rings. The van der Waals surface area contributed by atoms with E-state index in [1.165, 1.54) is 18.5 Å². The van der Waals surface area contributed by atoms with Crippen molar-refractivity contribution in [2.24, 2.45) is 0 Å². The summed E-state index contributed by atoms with van der Waals surface area (Å²) < 4.78 is 18.3. The van der Waals surface area contributed by atoms with Crippen LogP contribution >= 0.6 is 11.6 Å². The van der Waals surface area contributed by atoms with Gasteiger partial charge in [0.25, 0.3) is 0 Å². The Labute approximate surface area is 110 Å². The van der Waals surface area contributed by atoms with Crippen LogP contribution in [0.5, 0.6) is 0 Å². The van der Waals surface area contributed by atoms with Crippen LogP contribution in [0.1, 0.15) is 30.5 Å². The first-order chi connectivity index (χ1) is 8.72. The number of hydrogen-bond donors (Lipinski definition) is 1. The van der Waals surface area contributed by atoms with E-state index in [9.17, 15) is 4.39 Å². The van der Waals surface area contributed by atoms with E-state index in [0.717, 1.165) is 24.1 Å². The molecule has 2 aromatic heterocycles. The normalized spacial score (nSPS) is 12.6. The van der Waals surface area contributed by atoms with E-state index in [4.69, 9.17) is 16.0 Å². The molecule has 96 valence electrons. The smallest absolute Gasteiger partial charge is 0.198 e. The predicted octanol–water partition coefficient (Wildman–Crippen LogP) is 3.56. The standard InChI is InChI=1S/C13H14ClFN2O/c1-2-4-17-12(11-3-5-18-13(11)14)9-6-10(15)8-16-7-9/h3,5-8,12,17H,2,4H2,1H3. The molecule has 18 heavy (non-hydrogen) atoms. The number of hydrogen-bond acceptors (Lipinski definition) is 3. The maximum Gasteiger partial charge on any atom is 0.198 e. The molecule has 0 bridgehead atoms. The quantitative estimate of drug-likeness (QED) is 0.901. The summed E-state index contributed by atoms with van der Waals surface area (Å²) in [7, 11) is 0. The lowest BCUT2D eigenvalue weighted by molar-refractivity contribution is 0.547. The number of nitrogens with one attached hydrogen (secondary N) is 1. The molecular formula is C13H14ClFN2O. The Morgan fingerprint density at radius 3 is 2.94 bits per heavy atom. The van der Waals surface area contributed by atoms with Crippen molar-refractivity contribution in [3.8, 4) is 0 Å². The zero-order valence-corrected chi connectivity index (χ0v) is 10.7. The highest BCUT2D eigenvalue weighted by Gasteiger charge is 2.19. The number of pyridine rings is 1. The molecule has 0 aliphatic heterocycles. The number of furan rings is 1. The van der Waals surface area contributed by atoms with Crippen LogP contribution in [0.4, 0.5) is 4.39 Å². The van der Waals surface area contributed by atoms with Crippen LogP contribution in [0.3, 0.4) is 0 Å². The van der Waals surface area contributed by atoms with E-state index in [-0.39, 0.29) is 11.9 Å². The molecule has 1 atom stereocenters.